The van der Waals surface area contributed by atoms with Crippen LogP contribution in [-0.2, 0) is 13.0 Å². The largest absolute Gasteiger partial charge is 0.493 e. The van der Waals surface area contributed by atoms with Crippen LogP contribution in [0.15, 0.2) is 33.4 Å². The van der Waals surface area contributed by atoms with Gasteiger partial charge in [0, 0.05) is 17.1 Å². The van der Waals surface area contributed by atoms with E-state index in [0.717, 1.165) is 34.5 Å². The molecule has 114 valence electrons. The van der Waals surface area contributed by atoms with Crippen molar-refractivity contribution >= 4 is 27.3 Å². The summed E-state index contributed by atoms with van der Waals surface area (Å²) in [6.45, 7) is 2.98. The van der Waals surface area contributed by atoms with Gasteiger partial charge in [-0.1, -0.05) is 15.9 Å². The number of benzene rings is 1. The Balaban J connectivity index is 1.99. The SMILES string of the molecule is COc1cc(Br)c(CNC(C)Cc2ccsc2)cc1OC. The molecule has 1 heterocycles. The van der Waals surface area contributed by atoms with Gasteiger partial charge in [-0.25, -0.2) is 0 Å². The Kier molecular flexibility index (Phi) is 6.08. The van der Waals surface area contributed by atoms with E-state index < -0.39 is 0 Å². The van der Waals surface area contributed by atoms with Crippen LogP contribution in [0.3, 0.4) is 0 Å². The molecular weight excluding hydrogens is 350 g/mol. The monoisotopic (exact) mass is 369 g/mol. The summed E-state index contributed by atoms with van der Waals surface area (Å²) in [4.78, 5) is 0. The maximum atomic E-state index is 5.35. The van der Waals surface area contributed by atoms with Gasteiger partial charge < -0.3 is 14.8 Å². The van der Waals surface area contributed by atoms with Crippen LogP contribution < -0.4 is 14.8 Å². The second-order valence-electron chi connectivity index (χ2n) is 4.92. The molecule has 0 aliphatic carbocycles. The third kappa shape index (κ3) is 4.46. The number of halogens is 1. The summed E-state index contributed by atoms with van der Waals surface area (Å²) in [5.41, 5.74) is 2.54. The van der Waals surface area contributed by atoms with Crippen LogP contribution in [0.2, 0.25) is 0 Å². The van der Waals surface area contributed by atoms with Gasteiger partial charge in [-0.3, -0.25) is 0 Å². The van der Waals surface area contributed by atoms with Crippen LogP contribution >= 0.6 is 27.3 Å². The molecule has 0 saturated carbocycles. The number of hydrogen-bond acceptors (Lipinski definition) is 4. The number of methoxy groups -OCH3 is 2. The molecular formula is C16H20BrNO2S. The molecule has 3 nitrogen and oxygen atoms in total. The molecule has 5 heteroatoms. The van der Waals surface area contributed by atoms with Gasteiger partial charge in [0.1, 0.15) is 0 Å². The van der Waals surface area contributed by atoms with Gasteiger partial charge in [0.15, 0.2) is 11.5 Å². The van der Waals surface area contributed by atoms with E-state index >= 15 is 0 Å². The van der Waals surface area contributed by atoms with Crippen molar-refractivity contribution < 1.29 is 9.47 Å². The van der Waals surface area contributed by atoms with E-state index in [2.05, 4.69) is 45.0 Å². The van der Waals surface area contributed by atoms with Crippen LogP contribution in [0, 0.1) is 0 Å². The minimum atomic E-state index is 0.416. The normalized spacial score (nSPS) is 12.2. The average molecular weight is 370 g/mol. The second kappa shape index (κ2) is 7.82. The first-order valence-corrected chi connectivity index (χ1v) is 8.52. The molecule has 0 bridgehead atoms. The van der Waals surface area contributed by atoms with E-state index in [1.165, 1.54) is 5.56 Å². The fourth-order valence-electron chi connectivity index (χ4n) is 2.15. The molecule has 1 aromatic heterocycles. The summed E-state index contributed by atoms with van der Waals surface area (Å²) in [7, 11) is 3.30. The van der Waals surface area contributed by atoms with E-state index in [0.29, 0.717) is 6.04 Å². The van der Waals surface area contributed by atoms with Crippen LogP contribution in [0.4, 0.5) is 0 Å². The summed E-state index contributed by atoms with van der Waals surface area (Å²) in [5, 5.41) is 7.86. The highest BCUT2D eigenvalue weighted by molar-refractivity contribution is 9.10. The lowest BCUT2D eigenvalue weighted by Crippen LogP contribution is -2.27. The van der Waals surface area contributed by atoms with Crippen LogP contribution in [0.1, 0.15) is 18.1 Å². The Morgan fingerprint density at radius 2 is 1.95 bits per heavy atom. The Morgan fingerprint density at radius 1 is 1.24 bits per heavy atom. The highest BCUT2D eigenvalue weighted by atomic mass is 79.9. The van der Waals surface area contributed by atoms with Crippen molar-refractivity contribution in [3.8, 4) is 11.5 Å². The molecule has 0 radical (unpaired) electrons. The summed E-state index contributed by atoms with van der Waals surface area (Å²) < 4.78 is 11.7. The minimum Gasteiger partial charge on any atom is -0.493 e. The number of ether oxygens (including phenoxy) is 2. The first-order chi connectivity index (χ1) is 10.1. The first-order valence-electron chi connectivity index (χ1n) is 6.79. The molecule has 0 aliphatic heterocycles. The topological polar surface area (TPSA) is 30.5 Å². The third-order valence-corrected chi connectivity index (χ3v) is 4.79. The van der Waals surface area contributed by atoms with E-state index in [1.807, 2.05) is 12.1 Å². The van der Waals surface area contributed by atoms with Crippen molar-refractivity contribution in [2.24, 2.45) is 0 Å². The summed E-state index contributed by atoms with van der Waals surface area (Å²) in [6, 6.07) is 6.54. The molecule has 1 aromatic carbocycles. The molecule has 0 amide bonds. The van der Waals surface area contributed by atoms with Crippen molar-refractivity contribution in [3.05, 3.63) is 44.6 Å². The summed E-state index contributed by atoms with van der Waals surface area (Å²) in [5.74, 6) is 1.49. The van der Waals surface area contributed by atoms with E-state index in [-0.39, 0.29) is 0 Å². The third-order valence-electron chi connectivity index (χ3n) is 3.32. The first kappa shape index (κ1) is 16.3. The molecule has 21 heavy (non-hydrogen) atoms. The quantitative estimate of drug-likeness (QED) is 0.791. The molecule has 1 N–H and O–H groups in total. The highest BCUT2D eigenvalue weighted by Gasteiger charge is 2.11. The maximum Gasteiger partial charge on any atom is 0.161 e. The van der Waals surface area contributed by atoms with Crippen LogP contribution in [-0.4, -0.2) is 20.3 Å². The lowest BCUT2D eigenvalue weighted by atomic mass is 10.1. The molecule has 2 rings (SSSR count). The highest BCUT2D eigenvalue weighted by Crippen LogP contribution is 2.33. The number of nitrogens with one attached hydrogen (secondary N) is 1. The van der Waals surface area contributed by atoms with Crippen molar-refractivity contribution in [2.45, 2.75) is 25.9 Å². The fraction of sp³-hybridized carbons (Fsp3) is 0.375. The zero-order valence-corrected chi connectivity index (χ0v) is 14.9. The van der Waals surface area contributed by atoms with Gasteiger partial charge in [0.25, 0.3) is 0 Å². The minimum absolute atomic E-state index is 0.416. The average Bonchev–Trinajstić information content (AvgIpc) is 2.98. The van der Waals surface area contributed by atoms with Crippen molar-refractivity contribution in [2.75, 3.05) is 14.2 Å². The van der Waals surface area contributed by atoms with Gasteiger partial charge in [-0.05, 0) is 53.4 Å². The standard InChI is InChI=1S/C16H20BrNO2S/c1-11(6-12-4-5-21-10-12)18-9-13-7-15(19-2)16(20-3)8-14(13)17/h4-5,7-8,10-11,18H,6,9H2,1-3H3. The van der Waals surface area contributed by atoms with Gasteiger partial charge in [0.2, 0.25) is 0 Å². The maximum absolute atomic E-state index is 5.35. The lowest BCUT2D eigenvalue weighted by Gasteiger charge is -2.16. The van der Waals surface area contributed by atoms with E-state index in [1.54, 1.807) is 25.6 Å². The molecule has 0 saturated heterocycles. The zero-order chi connectivity index (χ0) is 15.2. The molecule has 0 fully saturated rings. The molecule has 0 spiro atoms. The Bertz CT molecular complexity index is 572. The van der Waals surface area contributed by atoms with Gasteiger partial charge in [-0.15, -0.1) is 0 Å². The molecule has 1 unspecified atom stereocenters. The van der Waals surface area contributed by atoms with Gasteiger partial charge in [-0.2, -0.15) is 11.3 Å². The molecule has 1 atom stereocenters. The van der Waals surface area contributed by atoms with Crippen LogP contribution in [0.5, 0.6) is 11.5 Å². The summed E-state index contributed by atoms with van der Waals surface area (Å²) in [6.07, 6.45) is 1.04. The van der Waals surface area contributed by atoms with Gasteiger partial charge in [0.05, 0.1) is 14.2 Å². The van der Waals surface area contributed by atoms with Crippen molar-refractivity contribution in [1.29, 1.82) is 0 Å². The van der Waals surface area contributed by atoms with Crippen molar-refractivity contribution in [1.82, 2.24) is 5.32 Å². The zero-order valence-electron chi connectivity index (χ0n) is 12.5. The fourth-order valence-corrected chi connectivity index (χ4v) is 3.29. The predicted molar refractivity (Wildman–Crippen MR) is 91.6 cm³/mol. The smallest absolute Gasteiger partial charge is 0.161 e. The predicted octanol–water partition coefficient (Wildman–Crippen LogP) is 4.25. The van der Waals surface area contributed by atoms with E-state index in [4.69, 9.17) is 9.47 Å². The summed E-state index contributed by atoms with van der Waals surface area (Å²) >= 11 is 5.33. The molecule has 2 aromatic rings. The Labute approximate surface area is 138 Å². The Morgan fingerprint density at radius 3 is 2.57 bits per heavy atom. The van der Waals surface area contributed by atoms with Gasteiger partial charge >= 0.3 is 0 Å². The molecule has 0 aliphatic rings. The number of hydrogen-bond donors (Lipinski definition) is 1. The van der Waals surface area contributed by atoms with Crippen LogP contribution in [0.25, 0.3) is 0 Å². The van der Waals surface area contributed by atoms with E-state index in [9.17, 15) is 0 Å². The van der Waals surface area contributed by atoms with Crippen molar-refractivity contribution in [3.63, 3.8) is 0 Å². The Hall–Kier alpha value is -1.04. The number of rotatable bonds is 7. The number of thiophene rings is 1. The lowest BCUT2D eigenvalue weighted by molar-refractivity contribution is 0.354. The second-order valence-corrected chi connectivity index (χ2v) is 6.55.